The Hall–Kier alpha value is -1.96. The van der Waals surface area contributed by atoms with Gasteiger partial charge in [0.15, 0.2) is 5.60 Å². The Morgan fingerprint density at radius 3 is 2.36 bits per heavy atom. The van der Waals surface area contributed by atoms with E-state index in [4.69, 9.17) is 5.26 Å². The van der Waals surface area contributed by atoms with Crippen LogP contribution in [0.1, 0.15) is 30.9 Å². The van der Waals surface area contributed by atoms with E-state index in [0.29, 0.717) is 9.79 Å². The maximum Gasteiger partial charge on any atom is 0.154 e. The first-order valence-corrected chi connectivity index (χ1v) is 8.23. The maximum absolute atomic E-state index is 12.8. The number of hydrogen-bond acceptors (Lipinski definition) is 3. The zero-order valence-electron chi connectivity index (χ0n) is 12.9. The molecule has 0 spiro atoms. The van der Waals surface area contributed by atoms with Gasteiger partial charge in [-0.25, -0.2) is 4.21 Å². The number of aliphatic hydroxyl groups is 1. The lowest BCUT2D eigenvalue weighted by molar-refractivity contribution is 0.0934. The minimum atomic E-state index is -1.51. The third-order valence-corrected chi connectivity index (χ3v) is 5.36. The maximum atomic E-state index is 12.8. The van der Waals surface area contributed by atoms with Gasteiger partial charge in [0.2, 0.25) is 0 Å². The minimum Gasteiger partial charge on any atom is -0.375 e. The van der Waals surface area contributed by atoms with Crippen molar-refractivity contribution in [2.75, 3.05) is 0 Å². The van der Waals surface area contributed by atoms with E-state index in [1.807, 2.05) is 55.5 Å². The van der Waals surface area contributed by atoms with Crippen LogP contribution < -0.4 is 0 Å². The molecule has 0 aliphatic heterocycles. The molecule has 3 atom stereocenters. The van der Waals surface area contributed by atoms with Crippen LogP contribution in [0.25, 0.3) is 0 Å². The molecular weight excluding hydrogens is 294 g/mol. The average molecular weight is 313 g/mol. The van der Waals surface area contributed by atoms with Crippen molar-refractivity contribution in [3.63, 3.8) is 0 Å². The first kappa shape index (κ1) is 16.4. The summed E-state index contributed by atoms with van der Waals surface area (Å²) >= 11 is 0. The molecule has 0 aliphatic rings. The summed E-state index contributed by atoms with van der Waals surface area (Å²) in [4.78, 5) is 1.34. The Labute approximate surface area is 133 Å². The van der Waals surface area contributed by atoms with Crippen molar-refractivity contribution in [3.8, 4) is 6.07 Å². The summed E-state index contributed by atoms with van der Waals surface area (Å²) in [6.45, 7) is 5.23. The van der Waals surface area contributed by atoms with Crippen molar-refractivity contribution >= 4 is 10.8 Å². The predicted molar refractivity (Wildman–Crippen MR) is 86.9 cm³/mol. The normalized spacial score (nSPS) is 16.3. The van der Waals surface area contributed by atoms with Crippen molar-refractivity contribution in [1.29, 1.82) is 5.26 Å². The molecule has 0 bridgehead atoms. The van der Waals surface area contributed by atoms with Gasteiger partial charge in [-0.2, -0.15) is 5.26 Å². The number of nitrogens with zero attached hydrogens (tertiary/aromatic N) is 1. The van der Waals surface area contributed by atoms with Gasteiger partial charge in [0.1, 0.15) is 0 Å². The van der Waals surface area contributed by atoms with Gasteiger partial charge in [0.05, 0.1) is 16.9 Å². The van der Waals surface area contributed by atoms with Crippen molar-refractivity contribution < 1.29 is 9.32 Å². The molecule has 4 heteroatoms. The molecule has 1 N–H and O–H groups in total. The molecule has 2 rings (SSSR count). The van der Waals surface area contributed by atoms with E-state index >= 15 is 0 Å². The molecule has 22 heavy (non-hydrogen) atoms. The summed E-state index contributed by atoms with van der Waals surface area (Å²) in [5, 5.41) is 19.3. The Morgan fingerprint density at radius 1 is 1.18 bits per heavy atom. The van der Waals surface area contributed by atoms with Gasteiger partial charge in [0.25, 0.3) is 0 Å². The second-order valence-electron chi connectivity index (χ2n) is 5.60. The molecule has 0 amide bonds. The lowest BCUT2D eigenvalue weighted by atomic mass is 9.86. The first-order chi connectivity index (χ1) is 10.4. The molecule has 114 valence electrons. The number of benzene rings is 2. The minimum absolute atomic E-state index is 0.442. The predicted octanol–water partition coefficient (Wildman–Crippen LogP) is 3.54. The van der Waals surface area contributed by atoms with Gasteiger partial charge >= 0.3 is 0 Å². The highest BCUT2D eigenvalue weighted by Crippen LogP contribution is 2.32. The Morgan fingerprint density at radius 2 is 1.77 bits per heavy atom. The van der Waals surface area contributed by atoms with Crippen LogP contribution in [0.3, 0.4) is 0 Å². The van der Waals surface area contributed by atoms with E-state index in [0.717, 1.165) is 11.1 Å². The molecule has 0 radical (unpaired) electrons. The van der Waals surface area contributed by atoms with Gasteiger partial charge in [-0.15, -0.1) is 0 Å². The Kier molecular flexibility index (Phi) is 4.80. The van der Waals surface area contributed by atoms with Crippen LogP contribution in [-0.4, -0.2) is 14.9 Å². The summed E-state index contributed by atoms with van der Waals surface area (Å²) in [6.07, 6.45) is 0. The van der Waals surface area contributed by atoms with Crippen molar-refractivity contribution in [3.05, 3.63) is 59.7 Å². The highest BCUT2D eigenvalue weighted by atomic mass is 32.2. The molecule has 0 saturated carbocycles. The average Bonchev–Trinajstić information content (AvgIpc) is 2.54. The summed E-state index contributed by atoms with van der Waals surface area (Å²) in [5.74, 6) is -0.442. The SMILES string of the molecule is Cc1ccc(S(=O)c2ccccc2[C@H](C)[C@](C)(O)C#N)cc1. The Balaban J connectivity index is 2.47. The van der Waals surface area contributed by atoms with Crippen LogP contribution in [-0.2, 0) is 10.8 Å². The number of rotatable bonds is 4. The second kappa shape index (κ2) is 6.43. The number of nitriles is 1. The molecule has 0 aromatic heterocycles. The topological polar surface area (TPSA) is 61.1 Å². The zero-order valence-corrected chi connectivity index (χ0v) is 13.7. The standard InChI is InChI=1S/C18H19NO2S/c1-13-8-10-15(11-9-13)22(21)17-7-5-4-6-16(17)14(2)18(3,20)12-19/h4-11,14,20H,1-3H3/t14-,18+,22?/m0/s1. The van der Waals surface area contributed by atoms with Crippen LogP contribution in [0.5, 0.6) is 0 Å². The van der Waals surface area contributed by atoms with E-state index in [2.05, 4.69) is 0 Å². The van der Waals surface area contributed by atoms with Gasteiger partial charge in [-0.3, -0.25) is 0 Å². The van der Waals surface area contributed by atoms with Gasteiger partial charge in [0, 0.05) is 15.7 Å². The van der Waals surface area contributed by atoms with E-state index in [9.17, 15) is 9.32 Å². The lowest BCUT2D eigenvalue weighted by Crippen LogP contribution is -2.29. The molecule has 2 aromatic carbocycles. The van der Waals surface area contributed by atoms with Crippen LogP contribution in [0.15, 0.2) is 58.3 Å². The van der Waals surface area contributed by atoms with Crippen molar-refractivity contribution in [1.82, 2.24) is 0 Å². The molecule has 0 heterocycles. The summed E-state index contributed by atoms with van der Waals surface area (Å²) < 4.78 is 12.8. The van der Waals surface area contributed by atoms with Gasteiger partial charge in [-0.05, 0) is 37.6 Å². The quantitative estimate of drug-likeness (QED) is 0.878. The van der Waals surface area contributed by atoms with Gasteiger partial charge in [-0.1, -0.05) is 42.8 Å². The summed E-state index contributed by atoms with van der Waals surface area (Å²) in [7, 11) is -1.34. The van der Waals surface area contributed by atoms with E-state index in [-0.39, 0.29) is 0 Å². The lowest BCUT2D eigenvalue weighted by Gasteiger charge is -2.25. The molecule has 0 fully saturated rings. The van der Waals surface area contributed by atoms with Gasteiger partial charge < -0.3 is 5.11 Å². The molecule has 0 aliphatic carbocycles. The number of aryl methyl sites for hydroxylation is 1. The van der Waals surface area contributed by atoms with E-state index in [1.54, 1.807) is 13.0 Å². The fourth-order valence-corrected chi connectivity index (χ4v) is 3.49. The first-order valence-electron chi connectivity index (χ1n) is 7.08. The highest BCUT2D eigenvalue weighted by Gasteiger charge is 2.31. The molecule has 1 unspecified atom stereocenters. The molecular formula is C18H19NO2S. The zero-order chi connectivity index (χ0) is 16.3. The number of hydrogen-bond donors (Lipinski definition) is 1. The van der Waals surface area contributed by atoms with Crippen LogP contribution in [0.4, 0.5) is 0 Å². The highest BCUT2D eigenvalue weighted by molar-refractivity contribution is 7.85. The third-order valence-electron chi connectivity index (χ3n) is 3.89. The smallest absolute Gasteiger partial charge is 0.154 e. The van der Waals surface area contributed by atoms with Crippen molar-refractivity contribution in [2.45, 2.75) is 42.1 Å². The largest absolute Gasteiger partial charge is 0.375 e. The molecule has 0 saturated heterocycles. The summed E-state index contributed by atoms with van der Waals surface area (Å²) in [6, 6.07) is 16.7. The van der Waals surface area contributed by atoms with E-state index in [1.165, 1.54) is 6.92 Å². The van der Waals surface area contributed by atoms with Crippen LogP contribution in [0, 0.1) is 18.3 Å². The molecule has 2 aromatic rings. The van der Waals surface area contributed by atoms with Crippen molar-refractivity contribution in [2.24, 2.45) is 0 Å². The molecule has 3 nitrogen and oxygen atoms in total. The van der Waals surface area contributed by atoms with Crippen LogP contribution in [0.2, 0.25) is 0 Å². The Bertz CT molecular complexity index is 729. The van der Waals surface area contributed by atoms with E-state index < -0.39 is 22.3 Å². The van der Waals surface area contributed by atoms with Crippen LogP contribution >= 0.6 is 0 Å². The monoisotopic (exact) mass is 313 g/mol. The third kappa shape index (κ3) is 3.27. The second-order valence-corrected chi connectivity index (χ2v) is 7.05. The fraction of sp³-hybridized carbons (Fsp3) is 0.278. The summed E-state index contributed by atoms with van der Waals surface area (Å²) in [5.41, 5.74) is 0.330. The fourth-order valence-electron chi connectivity index (χ4n) is 2.20.